The van der Waals surface area contributed by atoms with E-state index in [2.05, 4.69) is 24.8 Å². The number of rotatable bonds is 7. The molecule has 0 rings (SSSR count). The van der Waals surface area contributed by atoms with Crippen LogP contribution in [0.3, 0.4) is 0 Å². The van der Waals surface area contributed by atoms with Gasteiger partial charge in [0.05, 0.1) is 6.07 Å². The van der Waals surface area contributed by atoms with E-state index in [1.807, 2.05) is 12.2 Å². The first kappa shape index (κ1) is 14.8. The first-order chi connectivity index (χ1) is 7.81. The van der Waals surface area contributed by atoms with Crippen molar-refractivity contribution < 1.29 is 5.11 Å². The van der Waals surface area contributed by atoms with Crippen LogP contribution in [0, 0.1) is 23.2 Å². The number of nitrogens with zero attached hydrogens (tertiary/aromatic N) is 1. The minimum atomic E-state index is -0.502. The maximum absolute atomic E-state index is 9.49. The average molecular weight is 219 g/mol. The van der Waals surface area contributed by atoms with Gasteiger partial charge in [-0.25, -0.2) is 0 Å². The van der Waals surface area contributed by atoms with Gasteiger partial charge in [0, 0.05) is 12.8 Å². The van der Waals surface area contributed by atoms with Crippen molar-refractivity contribution in [3.63, 3.8) is 0 Å². The number of allylic oxidation sites excluding steroid dienone is 2. The van der Waals surface area contributed by atoms with Crippen LogP contribution in [0.2, 0.25) is 0 Å². The van der Waals surface area contributed by atoms with Crippen LogP contribution in [0.15, 0.2) is 12.2 Å². The summed E-state index contributed by atoms with van der Waals surface area (Å²) in [7, 11) is 0. The Morgan fingerprint density at radius 1 is 1.25 bits per heavy atom. The zero-order valence-electron chi connectivity index (χ0n) is 10.1. The predicted octanol–water partition coefficient (Wildman–Crippen LogP) is 3.18. The van der Waals surface area contributed by atoms with Gasteiger partial charge >= 0.3 is 0 Å². The third kappa shape index (κ3) is 10.8. The van der Waals surface area contributed by atoms with Crippen LogP contribution in [-0.2, 0) is 0 Å². The molecule has 0 radical (unpaired) electrons. The zero-order chi connectivity index (χ0) is 12.1. The average Bonchev–Trinajstić information content (AvgIpc) is 2.29. The summed E-state index contributed by atoms with van der Waals surface area (Å²) < 4.78 is 0. The molecular formula is C14H21NO. The fourth-order valence-electron chi connectivity index (χ4n) is 1.16. The van der Waals surface area contributed by atoms with Crippen molar-refractivity contribution in [2.45, 2.75) is 58.0 Å². The first-order valence-corrected chi connectivity index (χ1v) is 5.99. The molecule has 0 fully saturated rings. The Morgan fingerprint density at radius 3 is 2.69 bits per heavy atom. The molecule has 0 heterocycles. The first-order valence-electron chi connectivity index (χ1n) is 5.99. The lowest BCUT2D eigenvalue weighted by molar-refractivity contribution is 0.223. The van der Waals surface area contributed by atoms with Gasteiger partial charge in [-0.3, -0.25) is 0 Å². The quantitative estimate of drug-likeness (QED) is 0.406. The van der Waals surface area contributed by atoms with E-state index >= 15 is 0 Å². The van der Waals surface area contributed by atoms with E-state index < -0.39 is 6.10 Å². The van der Waals surface area contributed by atoms with Crippen molar-refractivity contribution in [1.82, 2.24) is 0 Å². The van der Waals surface area contributed by atoms with Crippen molar-refractivity contribution in [2.75, 3.05) is 0 Å². The van der Waals surface area contributed by atoms with E-state index in [1.165, 1.54) is 0 Å². The zero-order valence-corrected chi connectivity index (χ0v) is 10.1. The Bertz CT molecular complexity index is 277. The van der Waals surface area contributed by atoms with Gasteiger partial charge in [0.2, 0.25) is 0 Å². The molecule has 0 saturated heterocycles. The summed E-state index contributed by atoms with van der Waals surface area (Å²) in [5, 5.41) is 17.8. The highest BCUT2D eigenvalue weighted by Crippen LogP contribution is 1.99. The van der Waals surface area contributed by atoms with E-state index in [0.717, 1.165) is 32.1 Å². The molecule has 1 N–H and O–H groups in total. The summed E-state index contributed by atoms with van der Waals surface area (Å²) in [6.07, 6.45) is 9.50. The van der Waals surface area contributed by atoms with Crippen molar-refractivity contribution in [3.8, 4) is 17.9 Å². The molecule has 1 atom stereocenters. The van der Waals surface area contributed by atoms with Crippen LogP contribution in [0.4, 0.5) is 0 Å². The SMILES string of the molecule is CCCCC#CC(O)CC/C=C/CCC#N. The van der Waals surface area contributed by atoms with Crippen LogP contribution in [-0.4, -0.2) is 11.2 Å². The topological polar surface area (TPSA) is 44.0 Å². The molecule has 0 amide bonds. The molecule has 0 aromatic rings. The third-order valence-corrected chi connectivity index (χ3v) is 2.12. The highest BCUT2D eigenvalue weighted by molar-refractivity contribution is 5.04. The van der Waals surface area contributed by atoms with Crippen LogP contribution in [0.1, 0.15) is 51.9 Å². The second-order valence-corrected chi connectivity index (χ2v) is 3.69. The standard InChI is InChI=1S/C14H21NO/c1-2-3-4-8-11-14(16)12-9-6-5-7-10-13-15/h5-6,14,16H,2-4,7,9-10,12H2,1H3/b6-5+. The van der Waals surface area contributed by atoms with Gasteiger partial charge in [-0.05, 0) is 25.7 Å². The second-order valence-electron chi connectivity index (χ2n) is 3.69. The largest absolute Gasteiger partial charge is 0.380 e. The number of unbranched alkanes of at least 4 members (excludes halogenated alkanes) is 3. The third-order valence-electron chi connectivity index (χ3n) is 2.12. The number of nitriles is 1. The maximum Gasteiger partial charge on any atom is 0.115 e. The van der Waals surface area contributed by atoms with E-state index in [4.69, 9.17) is 5.26 Å². The Balaban J connectivity index is 3.48. The smallest absolute Gasteiger partial charge is 0.115 e. The van der Waals surface area contributed by atoms with Crippen molar-refractivity contribution in [3.05, 3.63) is 12.2 Å². The fraction of sp³-hybridized carbons (Fsp3) is 0.643. The van der Waals surface area contributed by atoms with Gasteiger partial charge in [0.15, 0.2) is 0 Å². The lowest BCUT2D eigenvalue weighted by atomic mass is 10.1. The molecule has 2 heteroatoms. The molecule has 0 aliphatic carbocycles. The lowest BCUT2D eigenvalue weighted by Crippen LogP contribution is -2.01. The Kier molecular flexibility index (Phi) is 10.9. The highest BCUT2D eigenvalue weighted by atomic mass is 16.3. The number of hydrogen-bond acceptors (Lipinski definition) is 2. The van der Waals surface area contributed by atoms with Crippen molar-refractivity contribution >= 4 is 0 Å². The summed E-state index contributed by atoms with van der Waals surface area (Å²) >= 11 is 0. The molecule has 0 aromatic carbocycles. The Hall–Kier alpha value is -1.25. The van der Waals surface area contributed by atoms with Gasteiger partial charge in [-0.2, -0.15) is 5.26 Å². The van der Waals surface area contributed by atoms with Crippen LogP contribution < -0.4 is 0 Å². The van der Waals surface area contributed by atoms with Crippen molar-refractivity contribution in [1.29, 1.82) is 5.26 Å². The second kappa shape index (κ2) is 11.8. The Morgan fingerprint density at radius 2 is 2.00 bits per heavy atom. The van der Waals surface area contributed by atoms with Gasteiger partial charge in [0.1, 0.15) is 6.10 Å². The molecule has 0 aromatic heterocycles. The van der Waals surface area contributed by atoms with Gasteiger partial charge < -0.3 is 5.11 Å². The highest BCUT2D eigenvalue weighted by Gasteiger charge is 1.95. The van der Waals surface area contributed by atoms with Crippen LogP contribution in [0.5, 0.6) is 0 Å². The van der Waals surface area contributed by atoms with E-state index in [-0.39, 0.29) is 0 Å². The molecule has 16 heavy (non-hydrogen) atoms. The van der Waals surface area contributed by atoms with E-state index in [9.17, 15) is 5.11 Å². The monoisotopic (exact) mass is 219 g/mol. The molecular weight excluding hydrogens is 198 g/mol. The number of aliphatic hydroxyl groups excluding tert-OH is 1. The molecule has 0 aliphatic rings. The number of hydrogen-bond donors (Lipinski definition) is 1. The predicted molar refractivity (Wildman–Crippen MR) is 66.5 cm³/mol. The molecule has 88 valence electrons. The molecule has 0 aliphatic heterocycles. The fourth-order valence-corrected chi connectivity index (χ4v) is 1.16. The lowest BCUT2D eigenvalue weighted by Gasteiger charge is -1.98. The molecule has 0 saturated carbocycles. The normalized spacial score (nSPS) is 11.8. The molecule has 1 unspecified atom stereocenters. The van der Waals surface area contributed by atoms with Crippen LogP contribution in [0.25, 0.3) is 0 Å². The van der Waals surface area contributed by atoms with Gasteiger partial charge in [0.25, 0.3) is 0 Å². The maximum atomic E-state index is 9.49. The Labute approximate surface area is 99.0 Å². The summed E-state index contributed by atoms with van der Waals surface area (Å²) in [6, 6.07) is 2.08. The molecule has 0 spiro atoms. The minimum absolute atomic E-state index is 0.502. The number of aliphatic hydroxyl groups is 1. The van der Waals surface area contributed by atoms with Gasteiger partial charge in [-0.15, -0.1) is 5.92 Å². The van der Waals surface area contributed by atoms with Gasteiger partial charge in [-0.1, -0.05) is 31.4 Å². The van der Waals surface area contributed by atoms with E-state index in [1.54, 1.807) is 0 Å². The van der Waals surface area contributed by atoms with E-state index in [0.29, 0.717) is 12.8 Å². The summed E-state index contributed by atoms with van der Waals surface area (Å²) in [5.41, 5.74) is 0. The van der Waals surface area contributed by atoms with Crippen LogP contribution >= 0.6 is 0 Å². The van der Waals surface area contributed by atoms with Crippen molar-refractivity contribution in [2.24, 2.45) is 0 Å². The summed E-state index contributed by atoms with van der Waals surface area (Å²) in [6.45, 7) is 2.13. The summed E-state index contributed by atoms with van der Waals surface area (Å²) in [4.78, 5) is 0. The molecule has 2 nitrogen and oxygen atoms in total. The molecule has 0 bridgehead atoms. The summed E-state index contributed by atoms with van der Waals surface area (Å²) in [5.74, 6) is 5.82. The minimum Gasteiger partial charge on any atom is -0.380 e.